The Morgan fingerprint density at radius 1 is 1.43 bits per heavy atom. The first kappa shape index (κ1) is 15.7. The molecule has 0 aliphatic heterocycles. The van der Waals surface area contributed by atoms with Crippen LogP contribution in [-0.4, -0.2) is 57.6 Å². The molecule has 2 heterocycles. The van der Waals surface area contributed by atoms with Crippen LogP contribution in [-0.2, 0) is 6.67 Å². The van der Waals surface area contributed by atoms with E-state index in [0.29, 0.717) is 18.9 Å². The molecule has 2 aromatic heterocycles. The lowest BCUT2D eigenvalue weighted by atomic mass is 10.3. The van der Waals surface area contributed by atoms with Gasteiger partial charge in [0.15, 0.2) is 0 Å². The summed E-state index contributed by atoms with van der Waals surface area (Å²) in [6.45, 7) is 2.07. The van der Waals surface area contributed by atoms with Gasteiger partial charge in [0, 0.05) is 18.9 Å². The van der Waals surface area contributed by atoms with Gasteiger partial charge in [-0.25, -0.2) is 4.68 Å². The summed E-state index contributed by atoms with van der Waals surface area (Å²) in [6, 6.07) is 1.71. The van der Waals surface area contributed by atoms with E-state index in [-0.39, 0.29) is 5.91 Å². The zero-order chi connectivity index (χ0) is 15.2. The number of aromatic nitrogens is 4. The molecule has 2 rings (SSSR count). The molecule has 0 atom stereocenters. The largest absolute Gasteiger partial charge is 0.351 e. The first-order chi connectivity index (χ1) is 10.0. The molecule has 0 aromatic carbocycles. The summed E-state index contributed by atoms with van der Waals surface area (Å²) < 4.78 is 4.32. The first-order valence-corrected chi connectivity index (χ1v) is 7.48. The van der Waals surface area contributed by atoms with Gasteiger partial charge in [0.25, 0.3) is 5.91 Å². The molecule has 8 heteroatoms. The minimum Gasteiger partial charge on any atom is -0.351 e. The molecule has 7 nitrogen and oxygen atoms in total. The van der Waals surface area contributed by atoms with E-state index < -0.39 is 0 Å². The molecule has 0 bridgehead atoms. The quantitative estimate of drug-likeness (QED) is 0.754. The lowest BCUT2D eigenvalue weighted by Gasteiger charge is -2.09. The van der Waals surface area contributed by atoms with Gasteiger partial charge < -0.3 is 10.2 Å². The molecule has 0 fully saturated rings. The zero-order valence-electron chi connectivity index (χ0n) is 12.2. The second-order valence-electron chi connectivity index (χ2n) is 4.99. The van der Waals surface area contributed by atoms with E-state index in [1.54, 1.807) is 27.8 Å². The summed E-state index contributed by atoms with van der Waals surface area (Å²) in [5, 5.41) is 11.3. The van der Waals surface area contributed by atoms with Crippen LogP contribution < -0.4 is 5.32 Å². The van der Waals surface area contributed by atoms with E-state index in [1.807, 2.05) is 20.3 Å². The highest BCUT2D eigenvalue weighted by Gasteiger charge is 2.09. The number of halogens is 1. The number of carbonyl (C=O) groups excluding carboxylic acids is 1. The van der Waals surface area contributed by atoms with Crippen molar-refractivity contribution >= 4 is 21.8 Å². The highest BCUT2D eigenvalue weighted by Crippen LogP contribution is 2.06. The van der Waals surface area contributed by atoms with E-state index in [9.17, 15) is 4.79 Å². The average Bonchev–Trinajstić information content (AvgIpc) is 3.04. The summed E-state index contributed by atoms with van der Waals surface area (Å²) in [4.78, 5) is 14.0. The lowest BCUT2D eigenvalue weighted by Crippen LogP contribution is -2.27. The molecule has 0 saturated heterocycles. The summed E-state index contributed by atoms with van der Waals surface area (Å²) in [6.07, 6.45) is 6.25. The average molecular weight is 355 g/mol. The molecule has 2 aromatic rings. The molecule has 21 heavy (non-hydrogen) atoms. The Kier molecular flexibility index (Phi) is 5.51. The molecule has 0 saturated carbocycles. The maximum absolute atomic E-state index is 11.9. The highest BCUT2D eigenvalue weighted by molar-refractivity contribution is 9.10. The van der Waals surface area contributed by atoms with Crippen LogP contribution in [0.1, 0.15) is 16.9 Å². The third-order valence-electron chi connectivity index (χ3n) is 2.83. The lowest BCUT2D eigenvalue weighted by molar-refractivity contribution is 0.0946. The molecular weight excluding hydrogens is 336 g/mol. The van der Waals surface area contributed by atoms with Gasteiger partial charge in [0.1, 0.15) is 12.4 Å². The van der Waals surface area contributed by atoms with E-state index >= 15 is 0 Å². The monoisotopic (exact) mass is 354 g/mol. The Balaban J connectivity index is 1.83. The van der Waals surface area contributed by atoms with E-state index in [2.05, 4.69) is 36.3 Å². The Hall–Kier alpha value is -1.67. The minimum atomic E-state index is -0.144. The van der Waals surface area contributed by atoms with Crippen molar-refractivity contribution < 1.29 is 4.79 Å². The number of nitrogens with one attached hydrogen (secondary N) is 1. The summed E-state index contributed by atoms with van der Waals surface area (Å²) >= 11 is 3.34. The third kappa shape index (κ3) is 4.98. The van der Waals surface area contributed by atoms with E-state index in [1.165, 1.54) is 0 Å². The Bertz CT molecular complexity index is 591. The van der Waals surface area contributed by atoms with Crippen molar-refractivity contribution in [2.75, 3.05) is 27.2 Å². The molecule has 0 spiro atoms. The SMILES string of the molecule is CN(C)CCCNC(=O)c1ccn(Cn2cc(Br)cn2)n1. The van der Waals surface area contributed by atoms with Crippen molar-refractivity contribution in [1.82, 2.24) is 29.8 Å². The molecule has 0 aliphatic carbocycles. The number of hydrogen-bond donors (Lipinski definition) is 1. The van der Waals surface area contributed by atoms with Crippen molar-refractivity contribution in [1.29, 1.82) is 0 Å². The Morgan fingerprint density at radius 3 is 2.90 bits per heavy atom. The second-order valence-corrected chi connectivity index (χ2v) is 5.91. The molecule has 114 valence electrons. The molecule has 0 radical (unpaired) electrons. The van der Waals surface area contributed by atoms with E-state index in [0.717, 1.165) is 17.4 Å². The number of hydrogen-bond acceptors (Lipinski definition) is 4. The van der Waals surface area contributed by atoms with Crippen LogP contribution in [0.5, 0.6) is 0 Å². The molecule has 0 aliphatic rings. The number of rotatable bonds is 7. The van der Waals surface area contributed by atoms with Crippen LogP contribution in [0.15, 0.2) is 29.1 Å². The van der Waals surface area contributed by atoms with Crippen LogP contribution in [0.2, 0.25) is 0 Å². The van der Waals surface area contributed by atoms with Crippen LogP contribution in [0.25, 0.3) is 0 Å². The van der Waals surface area contributed by atoms with Gasteiger partial charge in [-0.05, 0) is 49.1 Å². The number of nitrogens with zero attached hydrogens (tertiary/aromatic N) is 5. The Labute approximate surface area is 132 Å². The van der Waals surface area contributed by atoms with Crippen LogP contribution >= 0.6 is 15.9 Å². The van der Waals surface area contributed by atoms with Crippen molar-refractivity contribution in [3.63, 3.8) is 0 Å². The van der Waals surface area contributed by atoms with Crippen molar-refractivity contribution in [2.24, 2.45) is 0 Å². The highest BCUT2D eigenvalue weighted by atomic mass is 79.9. The topological polar surface area (TPSA) is 68.0 Å². The maximum Gasteiger partial charge on any atom is 0.271 e. The van der Waals surface area contributed by atoms with Crippen LogP contribution in [0, 0.1) is 0 Å². The van der Waals surface area contributed by atoms with Gasteiger partial charge in [0.2, 0.25) is 0 Å². The fourth-order valence-corrected chi connectivity index (χ4v) is 2.14. The normalized spacial score (nSPS) is 11.0. The molecule has 0 unspecified atom stereocenters. The van der Waals surface area contributed by atoms with Gasteiger partial charge in [-0.2, -0.15) is 10.2 Å². The predicted octanol–water partition coefficient (Wildman–Crippen LogP) is 1.03. The van der Waals surface area contributed by atoms with Gasteiger partial charge in [-0.15, -0.1) is 0 Å². The fourth-order valence-electron chi connectivity index (χ4n) is 1.81. The fraction of sp³-hybridized carbons (Fsp3) is 0.462. The van der Waals surface area contributed by atoms with Gasteiger partial charge in [0.05, 0.1) is 10.7 Å². The zero-order valence-corrected chi connectivity index (χ0v) is 13.7. The van der Waals surface area contributed by atoms with Crippen LogP contribution in [0.3, 0.4) is 0 Å². The summed E-state index contributed by atoms with van der Waals surface area (Å²) in [5.74, 6) is -0.144. The van der Waals surface area contributed by atoms with E-state index in [4.69, 9.17) is 0 Å². The minimum absolute atomic E-state index is 0.144. The maximum atomic E-state index is 11.9. The molecular formula is C13H19BrN6O. The van der Waals surface area contributed by atoms with Crippen molar-refractivity contribution in [2.45, 2.75) is 13.1 Å². The van der Waals surface area contributed by atoms with Gasteiger partial charge in [-0.1, -0.05) is 0 Å². The summed E-state index contributed by atoms with van der Waals surface area (Å²) in [5.41, 5.74) is 0.422. The number of amides is 1. The smallest absolute Gasteiger partial charge is 0.271 e. The Morgan fingerprint density at radius 2 is 2.24 bits per heavy atom. The molecule has 1 N–H and O–H groups in total. The predicted molar refractivity (Wildman–Crippen MR) is 83.1 cm³/mol. The second kappa shape index (κ2) is 7.37. The van der Waals surface area contributed by atoms with Crippen LogP contribution in [0.4, 0.5) is 0 Å². The third-order valence-corrected chi connectivity index (χ3v) is 3.24. The van der Waals surface area contributed by atoms with Crippen molar-refractivity contribution in [3.8, 4) is 0 Å². The van der Waals surface area contributed by atoms with Crippen molar-refractivity contribution in [3.05, 3.63) is 34.8 Å². The molecule has 1 amide bonds. The standard InChI is InChI=1S/C13H19BrN6O/c1-18(2)6-3-5-15-13(21)12-4-7-19(17-12)10-20-9-11(14)8-16-20/h4,7-9H,3,5-6,10H2,1-2H3,(H,15,21). The number of carbonyl (C=O) groups is 1. The first-order valence-electron chi connectivity index (χ1n) is 6.69. The van der Waals surface area contributed by atoms with Gasteiger partial charge in [-0.3, -0.25) is 9.48 Å². The van der Waals surface area contributed by atoms with Gasteiger partial charge >= 0.3 is 0 Å². The summed E-state index contributed by atoms with van der Waals surface area (Å²) in [7, 11) is 4.02.